The van der Waals surface area contributed by atoms with Gasteiger partial charge in [0, 0.05) is 25.0 Å². The van der Waals surface area contributed by atoms with Gasteiger partial charge in [-0.25, -0.2) is 0 Å². The van der Waals surface area contributed by atoms with Crippen LogP contribution >= 0.6 is 0 Å². The Morgan fingerprint density at radius 3 is 2.36 bits per heavy atom. The standard InChI is InChI=1S/C27H42N4O2/c1-20(2)14-16-31(19-27(5,6)30-26(32)25(28)17-21(3)4)23-10-12-24(13-11-23)33-18-22-9-7-8-15-29-22/h7-13,15,20-21,25H,14,16-19,28H2,1-6H3,(H,30,32). The first kappa shape index (κ1) is 26.7. The lowest BCUT2D eigenvalue weighted by molar-refractivity contribution is -0.124. The molecule has 0 aliphatic heterocycles. The van der Waals surface area contributed by atoms with Crippen molar-refractivity contribution in [1.29, 1.82) is 0 Å². The highest BCUT2D eigenvalue weighted by Crippen LogP contribution is 2.23. The number of carbonyl (C=O) groups is 1. The van der Waals surface area contributed by atoms with Crippen molar-refractivity contribution in [2.24, 2.45) is 17.6 Å². The number of rotatable bonds is 13. The normalized spacial score (nSPS) is 12.6. The Balaban J connectivity index is 2.05. The van der Waals surface area contributed by atoms with Crippen molar-refractivity contribution in [3.05, 3.63) is 54.4 Å². The van der Waals surface area contributed by atoms with Gasteiger partial charge in [-0.3, -0.25) is 9.78 Å². The number of hydrogen-bond acceptors (Lipinski definition) is 5. The topological polar surface area (TPSA) is 80.5 Å². The Kier molecular flexibility index (Phi) is 10.2. The van der Waals surface area contributed by atoms with Crippen LogP contribution in [-0.2, 0) is 11.4 Å². The predicted octanol–water partition coefficient (Wildman–Crippen LogP) is 4.78. The van der Waals surface area contributed by atoms with E-state index in [1.807, 2.05) is 30.3 Å². The molecule has 33 heavy (non-hydrogen) atoms. The van der Waals surface area contributed by atoms with Crippen LogP contribution in [0.25, 0.3) is 0 Å². The summed E-state index contributed by atoms with van der Waals surface area (Å²) < 4.78 is 5.88. The molecule has 0 radical (unpaired) electrons. The molecule has 1 aromatic carbocycles. The van der Waals surface area contributed by atoms with Crippen LogP contribution in [0.3, 0.4) is 0 Å². The van der Waals surface area contributed by atoms with Crippen LogP contribution in [0.1, 0.15) is 60.1 Å². The van der Waals surface area contributed by atoms with Gasteiger partial charge in [0.25, 0.3) is 0 Å². The first-order valence-corrected chi connectivity index (χ1v) is 12.0. The molecule has 182 valence electrons. The van der Waals surface area contributed by atoms with E-state index in [4.69, 9.17) is 10.5 Å². The molecule has 1 heterocycles. The number of nitrogens with two attached hydrogens (primary N) is 1. The molecule has 1 amide bonds. The third-order valence-corrected chi connectivity index (χ3v) is 5.40. The van der Waals surface area contributed by atoms with Crippen LogP contribution in [0.4, 0.5) is 5.69 Å². The number of pyridine rings is 1. The molecule has 1 atom stereocenters. The molecular weight excluding hydrogens is 412 g/mol. The van der Waals surface area contributed by atoms with Gasteiger partial charge in [-0.1, -0.05) is 33.8 Å². The van der Waals surface area contributed by atoms with Gasteiger partial charge in [0.15, 0.2) is 0 Å². The molecule has 1 unspecified atom stereocenters. The van der Waals surface area contributed by atoms with Gasteiger partial charge in [-0.2, -0.15) is 0 Å². The molecule has 0 fully saturated rings. The summed E-state index contributed by atoms with van der Waals surface area (Å²) in [4.78, 5) is 19.3. The number of hydrogen-bond donors (Lipinski definition) is 2. The third-order valence-electron chi connectivity index (χ3n) is 5.40. The highest BCUT2D eigenvalue weighted by atomic mass is 16.5. The van der Waals surface area contributed by atoms with Crippen molar-refractivity contribution in [2.75, 3.05) is 18.0 Å². The molecule has 3 N–H and O–H groups in total. The smallest absolute Gasteiger partial charge is 0.237 e. The largest absolute Gasteiger partial charge is 0.487 e. The van der Waals surface area contributed by atoms with Crippen molar-refractivity contribution >= 4 is 11.6 Å². The van der Waals surface area contributed by atoms with E-state index in [1.54, 1.807) is 6.20 Å². The minimum Gasteiger partial charge on any atom is -0.487 e. The van der Waals surface area contributed by atoms with Crippen molar-refractivity contribution in [1.82, 2.24) is 10.3 Å². The van der Waals surface area contributed by atoms with Crippen LogP contribution in [0.2, 0.25) is 0 Å². The summed E-state index contributed by atoms with van der Waals surface area (Å²) in [6, 6.07) is 13.5. The van der Waals surface area contributed by atoms with Gasteiger partial charge in [0.1, 0.15) is 12.4 Å². The number of benzene rings is 1. The Morgan fingerprint density at radius 2 is 1.79 bits per heavy atom. The molecule has 6 nitrogen and oxygen atoms in total. The van der Waals surface area contributed by atoms with Gasteiger partial charge in [0.2, 0.25) is 5.91 Å². The molecule has 0 aliphatic carbocycles. The van der Waals surface area contributed by atoms with E-state index in [2.05, 4.69) is 68.9 Å². The fourth-order valence-corrected chi connectivity index (χ4v) is 3.67. The Morgan fingerprint density at radius 1 is 1.09 bits per heavy atom. The first-order chi connectivity index (χ1) is 15.6. The Hall–Kier alpha value is -2.60. The lowest BCUT2D eigenvalue weighted by Gasteiger charge is -2.36. The second-order valence-corrected chi connectivity index (χ2v) is 10.3. The SMILES string of the molecule is CC(C)CCN(CC(C)(C)NC(=O)C(N)CC(C)C)c1ccc(OCc2ccccn2)cc1. The van der Waals surface area contributed by atoms with E-state index < -0.39 is 11.6 Å². The lowest BCUT2D eigenvalue weighted by Crippen LogP contribution is -2.56. The fourth-order valence-electron chi connectivity index (χ4n) is 3.67. The third kappa shape index (κ3) is 9.82. The average Bonchev–Trinajstić information content (AvgIpc) is 2.75. The van der Waals surface area contributed by atoms with Gasteiger partial charge in [-0.05, 0) is 74.9 Å². The molecule has 0 saturated carbocycles. The maximum Gasteiger partial charge on any atom is 0.237 e. The van der Waals surface area contributed by atoms with E-state index in [0.717, 1.165) is 30.1 Å². The molecule has 0 aliphatic rings. The number of carbonyl (C=O) groups excluding carboxylic acids is 1. The Labute approximate surface area is 199 Å². The van der Waals surface area contributed by atoms with Crippen molar-refractivity contribution < 1.29 is 9.53 Å². The van der Waals surface area contributed by atoms with E-state index >= 15 is 0 Å². The van der Waals surface area contributed by atoms with E-state index in [0.29, 0.717) is 31.4 Å². The monoisotopic (exact) mass is 454 g/mol. The van der Waals surface area contributed by atoms with Gasteiger partial charge in [-0.15, -0.1) is 0 Å². The summed E-state index contributed by atoms with van der Waals surface area (Å²) in [7, 11) is 0. The quantitative estimate of drug-likeness (QED) is 0.455. The summed E-state index contributed by atoms with van der Waals surface area (Å²) >= 11 is 0. The highest BCUT2D eigenvalue weighted by molar-refractivity contribution is 5.82. The van der Waals surface area contributed by atoms with Crippen LogP contribution in [-0.4, -0.2) is 35.6 Å². The van der Waals surface area contributed by atoms with Crippen LogP contribution < -0.4 is 20.7 Å². The summed E-state index contributed by atoms with van der Waals surface area (Å²) in [6.45, 7) is 14.8. The lowest BCUT2D eigenvalue weighted by atomic mass is 9.99. The second kappa shape index (κ2) is 12.6. The first-order valence-electron chi connectivity index (χ1n) is 12.0. The zero-order valence-corrected chi connectivity index (χ0v) is 21.2. The average molecular weight is 455 g/mol. The summed E-state index contributed by atoms with van der Waals surface area (Å²) in [5.74, 6) is 1.69. The van der Waals surface area contributed by atoms with Crippen molar-refractivity contribution in [2.45, 2.75) is 72.6 Å². The Bertz CT molecular complexity index is 835. The zero-order valence-electron chi connectivity index (χ0n) is 21.2. The zero-order chi connectivity index (χ0) is 24.4. The highest BCUT2D eigenvalue weighted by Gasteiger charge is 2.27. The summed E-state index contributed by atoms with van der Waals surface area (Å²) in [5, 5.41) is 3.16. The maximum atomic E-state index is 12.6. The summed E-state index contributed by atoms with van der Waals surface area (Å²) in [5.41, 5.74) is 7.69. The number of anilines is 1. The molecule has 0 bridgehead atoms. The van der Waals surface area contributed by atoms with Crippen molar-refractivity contribution in [3.8, 4) is 5.75 Å². The molecular formula is C27H42N4O2. The van der Waals surface area contributed by atoms with E-state index in [-0.39, 0.29) is 5.91 Å². The van der Waals surface area contributed by atoms with Gasteiger partial charge >= 0.3 is 0 Å². The number of nitrogens with zero attached hydrogens (tertiary/aromatic N) is 2. The number of nitrogens with one attached hydrogen (secondary N) is 1. The second-order valence-electron chi connectivity index (χ2n) is 10.3. The van der Waals surface area contributed by atoms with Crippen molar-refractivity contribution in [3.63, 3.8) is 0 Å². The molecule has 2 aromatic rings. The van der Waals surface area contributed by atoms with E-state index in [1.165, 1.54) is 0 Å². The van der Waals surface area contributed by atoms with Gasteiger partial charge < -0.3 is 20.7 Å². The fraction of sp³-hybridized carbons (Fsp3) is 0.556. The van der Waals surface area contributed by atoms with E-state index in [9.17, 15) is 4.79 Å². The number of amides is 1. The molecule has 6 heteroatoms. The molecule has 0 saturated heterocycles. The van der Waals surface area contributed by atoms with Crippen LogP contribution in [0.15, 0.2) is 48.7 Å². The molecule has 1 aromatic heterocycles. The van der Waals surface area contributed by atoms with Crippen LogP contribution in [0, 0.1) is 11.8 Å². The minimum atomic E-state index is -0.482. The van der Waals surface area contributed by atoms with Crippen LogP contribution in [0.5, 0.6) is 5.75 Å². The molecule has 2 rings (SSSR count). The predicted molar refractivity (Wildman–Crippen MR) is 136 cm³/mol. The minimum absolute atomic E-state index is 0.0872. The maximum absolute atomic E-state index is 12.6. The number of ether oxygens (including phenoxy) is 1. The molecule has 0 spiro atoms. The number of aromatic nitrogens is 1. The summed E-state index contributed by atoms with van der Waals surface area (Å²) in [6.07, 6.45) is 3.51. The van der Waals surface area contributed by atoms with Gasteiger partial charge in [0.05, 0.1) is 17.3 Å².